The van der Waals surface area contributed by atoms with E-state index in [1.807, 2.05) is 22.6 Å². The Morgan fingerprint density at radius 3 is 2.48 bits per heavy atom. The van der Waals surface area contributed by atoms with E-state index in [9.17, 15) is 18.8 Å². The van der Waals surface area contributed by atoms with Crippen molar-refractivity contribution in [3.05, 3.63) is 55.1 Å². The van der Waals surface area contributed by atoms with Crippen LogP contribution in [0.4, 0.5) is 10.2 Å². The third kappa shape index (κ3) is 2.11. The fraction of sp³-hybridized carbons (Fsp3) is 0. The summed E-state index contributed by atoms with van der Waals surface area (Å²) in [7, 11) is 0. The highest BCUT2D eigenvalue weighted by molar-refractivity contribution is 14.1. The van der Waals surface area contributed by atoms with Gasteiger partial charge in [-0.2, -0.15) is 0 Å². The number of halogens is 2. The topological polar surface area (TPSA) is 94.2 Å². The molecular weight excluding hydrogens is 392 g/mol. The van der Waals surface area contributed by atoms with Gasteiger partial charge in [-0.15, -0.1) is 0 Å². The van der Waals surface area contributed by atoms with Crippen molar-refractivity contribution in [1.29, 1.82) is 0 Å². The second-order valence-electron chi connectivity index (χ2n) is 4.40. The zero-order chi connectivity index (χ0) is 15.3. The summed E-state index contributed by atoms with van der Waals surface area (Å²) >= 11 is 1.90. The van der Waals surface area contributed by atoms with Gasteiger partial charge in [-0.05, 0) is 40.8 Å². The number of nitrogens with two attached hydrogens (primary N) is 1. The molecular formula is C13H7FIN3O3. The van der Waals surface area contributed by atoms with Crippen LogP contribution < -0.4 is 16.6 Å². The summed E-state index contributed by atoms with van der Waals surface area (Å²) in [6.07, 6.45) is 0. The molecule has 1 aromatic carbocycles. The highest BCUT2D eigenvalue weighted by Gasteiger charge is 2.31. The summed E-state index contributed by atoms with van der Waals surface area (Å²) in [6, 6.07) is 4.97. The van der Waals surface area contributed by atoms with Crippen molar-refractivity contribution in [2.24, 2.45) is 0 Å². The van der Waals surface area contributed by atoms with E-state index >= 15 is 0 Å². The van der Waals surface area contributed by atoms with Gasteiger partial charge in [-0.25, -0.2) is 4.39 Å². The Labute approximate surface area is 130 Å². The van der Waals surface area contributed by atoms with E-state index in [4.69, 9.17) is 5.73 Å². The molecule has 0 bridgehead atoms. The van der Waals surface area contributed by atoms with Gasteiger partial charge < -0.3 is 5.73 Å². The van der Waals surface area contributed by atoms with E-state index in [2.05, 4.69) is 5.32 Å². The van der Waals surface area contributed by atoms with Crippen molar-refractivity contribution in [2.45, 2.75) is 0 Å². The number of hydrogen-bond acceptors (Lipinski definition) is 4. The molecule has 2 heterocycles. The van der Waals surface area contributed by atoms with Gasteiger partial charge in [0.25, 0.3) is 17.4 Å². The predicted octanol–water partition coefficient (Wildman–Crippen LogP) is 1.05. The molecule has 0 saturated heterocycles. The quantitative estimate of drug-likeness (QED) is 0.554. The third-order valence-electron chi connectivity index (χ3n) is 3.06. The lowest BCUT2D eigenvalue weighted by Gasteiger charge is -2.12. The van der Waals surface area contributed by atoms with Crippen LogP contribution in [0.2, 0.25) is 0 Å². The van der Waals surface area contributed by atoms with Gasteiger partial charge in [0, 0.05) is 9.64 Å². The standard InChI is InChI=1S/C13H7FIN3O3/c14-5-1-6(15)3-7(2-5)18-9(19)4-8-10(11(18)16)13(21)17-12(8)20/h1-4H,16H2,(H,17,20,21). The molecule has 3 rings (SSSR count). The maximum absolute atomic E-state index is 13.5. The predicted molar refractivity (Wildman–Crippen MR) is 80.9 cm³/mol. The van der Waals surface area contributed by atoms with Crippen molar-refractivity contribution < 1.29 is 14.0 Å². The number of carbonyl (C=O) groups is 2. The van der Waals surface area contributed by atoms with Crippen molar-refractivity contribution in [1.82, 2.24) is 9.88 Å². The summed E-state index contributed by atoms with van der Waals surface area (Å²) < 4.78 is 15.1. The molecule has 0 fully saturated rings. The second kappa shape index (κ2) is 4.65. The summed E-state index contributed by atoms with van der Waals surface area (Å²) in [5, 5.41) is 2.07. The molecule has 6 nitrogen and oxygen atoms in total. The molecule has 2 amide bonds. The molecule has 0 atom stereocenters. The van der Waals surface area contributed by atoms with Crippen molar-refractivity contribution in [3.8, 4) is 5.69 Å². The summed E-state index contributed by atoms with van der Waals surface area (Å²) in [5.41, 5.74) is 5.29. The average molecular weight is 399 g/mol. The highest BCUT2D eigenvalue weighted by Crippen LogP contribution is 2.24. The lowest BCUT2D eigenvalue weighted by Crippen LogP contribution is -2.24. The van der Waals surface area contributed by atoms with Gasteiger partial charge in [0.2, 0.25) is 0 Å². The molecule has 1 aliphatic rings. The number of nitrogen functional groups attached to an aromatic ring is 1. The van der Waals surface area contributed by atoms with Crippen LogP contribution >= 0.6 is 22.6 Å². The summed E-state index contributed by atoms with van der Waals surface area (Å²) in [5.74, 6) is -2.07. The Balaban J connectivity index is 2.35. The van der Waals surface area contributed by atoms with Crippen LogP contribution in [0.1, 0.15) is 20.7 Å². The minimum absolute atomic E-state index is 0.0650. The van der Waals surface area contributed by atoms with Crippen molar-refractivity contribution in [3.63, 3.8) is 0 Å². The molecule has 0 radical (unpaired) electrons. The van der Waals surface area contributed by atoms with Crippen molar-refractivity contribution >= 4 is 40.2 Å². The maximum Gasteiger partial charge on any atom is 0.262 e. The molecule has 8 heteroatoms. The molecule has 1 aliphatic heterocycles. The van der Waals surface area contributed by atoms with Crippen LogP contribution in [-0.4, -0.2) is 16.4 Å². The van der Waals surface area contributed by atoms with Crippen LogP contribution in [0.5, 0.6) is 0 Å². The number of imide groups is 1. The van der Waals surface area contributed by atoms with Crippen LogP contribution in [0.25, 0.3) is 5.69 Å². The van der Waals surface area contributed by atoms with E-state index in [1.165, 1.54) is 6.07 Å². The first-order valence-corrected chi connectivity index (χ1v) is 6.84. The lowest BCUT2D eigenvalue weighted by atomic mass is 10.1. The average Bonchev–Trinajstić information content (AvgIpc) is 2.63. The Bertz CT molecular complexity index is 855. The molecule has 2 aromatic rings. The van der Waals surface area contributed by atoms with E-state index in [0.29, 0.717) is 3.57 Å². The zero-order valence-electron chi connectivity index (χ0n) is 10.3. The van der Waals surface area contributed by atoms with E-state index in [-0.39, 0.29) is 22.6 Å². The van der Waals surface area contributed by atoms with Crippen LogP contribution in [0, 0.1) is 9.39 Å². The van der Waals surface area contributed by atoms with Gasteiger partial charge >= 0.3 is 0 Å². The Kier molecular flexibility index (Phi) is 3.04. The van der Waals surface area contributed by atoms with E-state index in [0.717, 1.165) is 16.7 Å². The number of fused-ring (bicyclic) bond motifs is 1. The summed E-state index contributed by atoms with van der Waals surface area (Å²) in [4.78, 5) is 35.4. The van der Waals surface area contributed by atoms with E-state index in [1.54, 1.807) is 6.07 Å². The lowest BCUT2D eigenvalue weighted by molar-refractivity contribution is 0.0880. The number of pyridine rings is 1. The highest BCUT2D eigenvalue weighted by atomic mass is 127. The number of rotatable bonds is 1. The van der Waals surface area contributed by atoms with E-state index < -0.39 is 23.2 Å². The molecule has 0 aliphatic carbocycles. The Morgan fingerprint density at radius 2 is 1.81 bits per heavy atom. The van der Waals surface area contributed by atoms with Gasteiger partial charge in [0.15, 0.2) is 0 Å². The van der Waals surface area contributed by atoms with Gasteiger partial charge in [0.1, 0.15) is 11.6 Å². The SMILES string of the molecule is Nc1c2c(cc(=O)n1-c1cc(F)cc(I)c1)C(=O)NC2=O. The number of nitrogens with one attached hydrogen (secondary N) is 1. The van der Waals surface area contributed by atoms with Gasteiger partial charge in [-0.1, -0.05) is 0 Å². The van der Waals surface area contributed by atoms with Gasteiger partial charge in [-0.3, -0.25) is 24.3 Å². The fourth-order valence-electron chi connectivity index (χ4n) is 2.21. The molecule has 1 aromatic heterocycles. The molecule has 0 spiro atoms. The zero-order valence-corrected chi connectivity index (χ0v) is 12.5. The second-order valence-corrected chi connectivity index (χ2v) is 5.65. The van der Waals surface area contributed by atoms with Gasteiger partial charge in [0.05, 0.1) is 16.8 Å². The largest absolute Gasteiger partial charge is 0.384 e. The number of benzene rings is 1. The first-order valence-electron chi connectivity index (χ1n) is 5.76. The molecule has 106 valence electrons. The maximum atomic E-state index is 13.5. The minimum atomic E-state index is -0.674. The number of nitrogens with zero attached hydrogens (tertiary/aromatic N) is 1. The number of aromatic nitrogens is 1. The number of hydrogen-bond donors (Lipinski definition) is 2. The smallest absolute Gasteiger partial charge is 0.262 e. The van der Waals surface area contributed by atoms with Crippen LogP contribution in [-0.2, 0) is 0 Å². The Hall–Kier alpha value is -2.23. The first kappa shape index (κ1) is 13.7. The van der Waals surface area contributed by atoms with Crippen LogP contribution in [0.3, 0.4) is 0 Å². The summed E-state index contributed by atoms with van der Waals surface area (Å²) in [6.45, 7) is 0. The first-order chi connectivity index (χ1) is 9.88. The third-order valence-corrected chi connectivity index (χ3v) is 3.68. The number of carbonyl (C=O) groups excluding carboxylic acids is 2. The normalized spacial score (nSPS) is 13.2. The molecule has 21 heavy (non-hydrogen) atoms. The fourth-order valence-corrected chi connectivity index (χ4v) is 2.83. The molecule has 3 N–H and O–H groups in total. The molecule has 0 saturated carbocycles. The van der Waals surface area contributed by atoms with Crippen molar-refractivity contribution in [2.75, 3.05) is 5.73 Å². The number of anilines is 1. The molecule has 0 unspecified atom stereocenters. The Morgan fingerprint density at radius 1 is 1.10 bits per heavy atom. The van der Waals surface area contributed by atoms with Crippen LogP contribution in [0.15, 0.2) is 29.1 Å². The number of amides is 2. The minimum Gasteiger partial charge on any atom is -0.384 e. The monoisotopic (exact) mass is 399 g/mol.